The molecule has 1 aliphatic heterocycles. The van der Waals surface area contributed by atoms with E-state index in [4.69, 9.17) is 14.6 Å². The third kappa shape index (κ3) is 3.54. The quantitative estimate of drug-likeness (QED) is 0.778. The second-order valence-electron chi connectivity index (χ2n) is 4.84. The maximum Gasteiger partial charge on any atom is 0.161 e. The summed E-state index contributed by atoms with van der Waals surface area (Å²) in [6.07, 6.45) is 1.51. The molecular weight excluding hydrogens is 300 g/mol. The van der Waals surface area contributed by atoms with Crippen molar-refractivity contribution in [2.75, 3.05) is 33.1 Å². The number of hydrogen-bond donors (Lipinski definition) is 1. The Kier molecular flexibility index (Phi) is 6.10. The highest BCUT2D eigenvalue weighted by Crippen LogP contribution is 2.34. The zero-order valence-corrected chi connectivity index (χ0v) is 13.7. The number of nitriles is 1. The number of aliphatic imine (C=N–C) groups is 1. The van der Waals surface area contributed by atoms with E-state index in [0.717, 1.165) is 29.0 Å². The van der Waals surface area contributed by atoms with Crippen molar-refractivity contribution in [1.82, 2.24) is 0 Å². The first-order valence-electron chi connectivity index (χ1n) is 7.16. The molecule has 0 fully saturated rings. The first kappa shape index (κ1) is 16.7. The Labute approximate surface area is 135 Å². The lowest BCUT2D eigenvalue weighted by Gasteiger charge is -2.22. The second-order valence-corrected chi connectivity index (χ2v) is 6.05. The zero-order chi connectivity index (χ0) is 15.9. The van der Waals surface area contributed by atoms with Gasteiger partial charge in [0.05, 0.1) is 26.0 Å². The molecule has 1 atom stereocenters. The fourth-order valence-electron chi connectivity index (χ4n) is 2.42. The molecule has 6 heteroatoms. The predicted octanol–water partition coefficient (Wildman–Crippen LogP) is 2.06. The Bertz CT molecular complexity index is 596. The van der Waals surface area contributed by atoms with Gasteiger partial charge in [-0.1, -0.05) is 0 Å². The van der Waals surface area contributed by atoms with Crippen LogP contribution in [0.2, 0.25) is 0 Å². The fourth-order valence-corrected chi connectivity index (χ4v) is 3.38. The van der Waals surface area contributed by atoms with Crippen molar-refractivity contribution in [2.24, 2.45) is 4.99 Å². The second kappa shape index (κ2) is 8.06. The van der Waals surface area contributed by atoms with Gasteiger partial charge in [-0.05, 0) is 36.3 Å². The minimum Gasteiger partial charge on any atom is -0.493 e. The highest BCUT2D eigenvalue weighted by molar-refractivity contribution is 8.00. The lowest BCUT2D eigenvalue weighted by molar-refractivity contribution is 0.296. The SMILES string of the molecule is COc1cc2c(cc1OC)C(C(C#N)SCCCO)=NCC2. The third-order valence-electron chi connectivity index (χ3n) is 3.50. The number of methoxy groups -OCH3 is 2. The normalized spacial score (nSPS) is 14.5. The molecule has 0 saturated carbocycles. The molecule has 1 heterocycles. The van der Waals surface area contributed by atoms with E-state index in [2.05, 4.69) is 11.1 Å². The van der Waals surface area contributed by atoms with Crippen LogP contribution in [-0.4, -0.2) is 49.2 Å². The summed E-state index contributed by atoms with van der Waals surface area (Å²) in [6, 6.07) is 6.19. The molecule has 5 nitrogen and oxygen atoms in total. The first-order valence-corrected chi connectivity index (χ1v) is 8.21. The zero-order valence-electron chi connectivity index (χ0n) is 12.8. The molecule has 1 aromatic carbocycles. The Balaban J connectivity index is 2.32. The van der Waals surface area contributed by atoms with Gasteiger partial charge in [0.2, 0.25) is 0 Å². The van der Waals surface area contributed by atoms with Crippen molar-refractivity contribution < 1.29 is 14.6 Å². The summed E-state index contributed by atoms with van der Waals surface area (Å²) in [4.78, 5) is 4.57. The summed E-state index contributed by atoms with van der Waals surface area (Å²) >= 11 is 1.52. The number of hydrogen-bond acceptors (Lipinski definition) is 6. The number of aliphatic hydroxyl groups is 1. The van der Waals surface area contributed by atoms with Crippen LogP contribution in [0.25, 0.3) is 0 Å². The lowest BCUT2D eigenvalue weighted by Crippen LogP contribution is -2.23. The molecule has 0 aliphatic carbocycles. The van der Waals surface area contributed by atoms with Gasteiger partial charge >= 0.3 is 0 Å². The van der Waals surface area contributed by atoms with Crippen molar-refractivity contribution in [2.45, 2.75) is 18.1 Å². The molecule has 0 saturated heterocycles. The lowest BCUT2D eigenvalue weighted by atomic mass is 9.95. The number of thioether (sulfide) groups is 1. The smallest absolute Gasteiger partial charge is 0.161 e. The first-order chi connectivity index (χ1) is 10.7. The van der Waals surface area contributed by atoms with Crippen LogP contribution in [0.3, 0.4) is 0 Å². The van der Waals surface area contributed by atoms with Crippen molar-refractivity contribution in [1.29, 1.82) is 5.26 Å². The average Bonchev–Trinajstić information content (AvgIpc) is 2.57. The molecule has 1 aromatic rings. The van der Waals surface area contributed by atoms with Gasteiger partial charge in [0.25, 0.3) is 0 Å². The van der Waals surface area contributed by atoms with Gasteiger partial charge in [-0.25, -0.2) is 0 Å². The Morgan fingerprint density at radius 1 is 1.36 bits per heavy atom. The summed E-state index contributed by atoms with van der Waals surface area (Å²) in [5.41, 5.74) is 2.89. The Hall–Kier alpha value is -1.71. The number of benzene rings is 1. The number of aliphatic hydroxyl groups excluding tert-OH is 1. The monoisotopic (exact) mass is 320 g/mol. The predicted molar refractivity (Wildman–Crippen MR) is 88.2 cm³/mol. The maximum atomic E-state index is 9.46. The molecule has 0 bridgehead atoms. The highest BCUT2D eigenvalue weighted by Gasteiger charge is 2.25. The van der Waals surface area contributed by atoms with Crippen LogP contribution in [0.4, 0.5) is 0 Å². The molecule has 1 unspecified atom stereocenters. The molecule has 22 heavy (non-hydrogen) atoms. The Morgan fingerprint density at radius 3 is 2.73 bits per heavy atom. The summed E-state index contributed by atoms with van der Waals surface area (Å²) in [5.74, 6) is 2.08. The van der Waals surface area contributed by atoms with E-state index < -0.39 is 0 Å². The standard InChI is InChI=1S/C16H20N2O3S/c1-20-13-8-11-4-5-18-16(12(11)9-14(13)21-2)15(10-17)22-7-3-6-19/h8-9,15,19H,3-7H2,1-2H3. The Morgan fingerprint density at radius 2 is 2.09 bits per heavy atom. The summed E-state index contributed by atoms with van der Waals surface area (Å²) in [5, 5.41) is 18.0. The minimum absolute atomic E-state index is 0.138. The number of fused-ring (bicyclic) bond motifs is 1. The van der Waals surface area contributed by atoms with Crippen molar-refractivity contribution >= 4 is 17.5 Å². The van der Waals surface area contributed by atoms with Gasteiger partial charge < -0.3 is 14.6 Å². The molecule has 0 radical (unpaired) electrons. The van der Waals surface area contributed by atoms with E-state index in [1.807, 2.05) is 12.1 Å². The summed E-state index contributed by atoms with van der Waals surface area (Å²) in [6.45, 7) is 0.815. The number of rotatable bonds is 7. The van der Waals surface area contributed by atoms with E-state index in [1.54, 1.807) is 14.2 Å². The van der Waals surface area contributed by atoms with Crippen molar-refractivity contribution in [3.05, 3.63) is 23.3 Å². The highest BCUT2D eigenvalue weighted by atomic mass is 32.2. The number of ether oxygens (including phenoxy) is 2. The van der Waals surface area contributed by atoms with E-state index in [1.165, 1.54) is 11.8 Å². The topological polar surface area (TPSA) is 74.8 Å². The largest absolute Gasteiger partial charge is 0.493 e. The maximum absolute atomic E-state index is 9.46. The van der Waals surface area contributed by atoms with Crippen LogP contribution in [-0.2, 0) is 6.42 Å². The van der Waals surface area contributed by atoms with Crippen LogP contribution in [0.5, 0.6) is 11.5 Å². The summed E-state index contributed by atoms with van der Waals surface area (Å²) in [7, 11) is 3.21. The molecule has 0 aromatic heterocycles. The van der Waals surface area contributed by atoms with Gasteiger partial charge in [-0.3, -0.25) is 4.99 Å². The van der Waals surface area contributed by atoms with Gasteiger partial charge in [-0.15, -0.1) is 11.8 Å². The molecule has 1 N–H and O–H groups in total. The van der Waals surface area contributed by atoms with Gasteiger partial charge in [0.1, 0.15) is 5.25 Å². The van der Waals surface area contributed by atoms with E-state index in [9.17, 15) is 5.26 Å². The molecular formula is C16H20N2O3S. The average molecular weight is 320 g/mol. The van der Waals surface area contributed by atoms with Crippen LogP contribution in [0.1, 0.15) is 17.5 Å². The van der Waals surface area contributed by atoms with Crippen molar-refractivity contribution in [3.8, 4) is 17.6 Å². The molecule has 0 amide bonds. The number of nitrogens with zero attached hydrogens (tertiary/aromatic N) is 2. The summed E-state index contributed by atoms with van der Waals surface area (Å²) < 4.78 is 10.7. The molecule has 2 rings (SSSR count). The van der Waals surface area contributed by atoms with Gasteiger partial charge in [-0.2, -0.15) is 5.26 Å². The third-order valence-corrected chi connectivity index (χ3v) is 4.69. The van der Waals surface area contributed by atoms with Gasteiger partial charge in [0.15, 0.2) is 11.5 Å². The van der Waals surface area contributed by atoms with E-state index >= 15 is 0 Å². The van der Waals surface area contributed by atoms with E-state index in [-0.39, 0.29) is 11.9 Å². The van der Waals surface area contributed by atoms with E-state index in [0.29, 0.717) is 24.5 Å². The van der Waals surface area contributed by atoms with Crippen LogP contribution in [0.15, 0.2) is 17.1 Å². The van der Waals surface area contributed by atoms with Crippen LogP contribution < -0.4 is 9.47 Å². The minimum atomic E-state index is -0.330. The molecule has 0 spiro atoms. The molecule has 118 valence electrons. The van der Waals surface area contributed by atoms with Crippen molar-refractivity contribution in [3.63, 3.8) is 0 Å². The van der Waals surface area contributed by atoms with Gasteiger partial charge in [0, 0.05) is 18.7 Å². The van der Waals surface area contributed by atoms with Crippen LogP contribution >= 0.6 is 11.8 Å². The fraction of sp³-hybridized carbons (Fsp3) is 0.500. The van der Waals surface area contributed by atoms with Crippen LogP contribution in [0, 0.1) is 11.3 Å². The molecule has 1 aliphatic rings.